The first-order valence-corrected chi connectivity index (χ1v) is 5.90. The summed E-state index contributed by atoms with van der Waals surface area (Å²) in [6.45, 7) is 5.86. The van der Waals surface area contributed by atoms with Gasteiger partial charge in [-0.1, -0.05) is 37.3 Å². The standard InChI is InChI=1S/C15H19NO/c1-4-7-12(5-2)13-8-10-14(11-9-13)16-15(17)6-3/h4-5,7-11H,6H2,1-3H3,(H,16,17)/b7-4-,12-5+. The van der Waals surface area contributed by atoms with Crippen LogP contribution in [0.3, 0.4) is 0 Å². The quantitative estimate of drug-likeness (QED) is 0.776. The van der Waals surface area contributed by atoms with Crippen molar-refractivity contribution >= 4 is 17.2 Å². The summed E-state index contributed by atoms with van der Waals surface area (Å²) in [4.78, 5) is 11.2. The van der Waals surface area contributed by atoms with Crippen molar-refractivity contribution in [2.24, 2.45) is 0 Å². The Hall–Kier alpha value is -1.83. The normalized spacial score (nSPS) is 11.8. The van der Waals surface area contributed by atoms with Crippen LogP contribution >= 0.6 is 0 Å². The second kappa shape index (κ2) is 6.69. The van der Waals surface area contributed by atoms with Gasteiger partial charge in [-0.05, 0) is 37.1 Å². The van der Waals surface area contributed by atoms with E-state index in [1.54, 1.807) is 0 Å². The highest BCUT2D eigenvalue weighted by molar-refractivity contribution is 5.90. The highest BCUT2D eigenvalue weighted by Crippen LogP contribution is 2.18. The Labute approximate surface area is 103 Å². The number of hydrogen-bond acceptors (Lipinski definition) is 1. The Bertz CT molecular complexity index is 427. The van der Waals surface area contributed by atoms with Gasteiger partial charge in [-0.25, -0.2) is 0 Å². The molecule has 17 heavy (non-hydrogen) atoms. The Morgan fingerprint density at radius 3 is 2.35 bits per heavy atom. The molecule has 0 aliphatic rings. The average Bonchev–Trinajstić information content (AvgIpc) is 2.37. The molecule has 0 saturated carbocycles. The van der Waals surface area contributed by atoms with Gasteiger partial charge >= 0.3 is 0 Å². The fourth-order valence-electron chi connectivity index (χ4n) is 1.53. The zero-order chi connectivity index (χ0) is 12.7. The third-order valence-electron chi connectivity index (χ3n) is 2.48. The van der Waals surface area contributed by atoms with Gasteiger partial charge in [-0.15, -0.1) is 0 Å². The maximum atomic E-state index is 11.2. The lowest BCUT2D eigenvalue weighted by molar-refractivity contribution is -0.115. The number of anilines is 1. The number of hydrogen-bond donors (Lipinski definition) is 1. The highest BCUT2D eigenvalue weighted by Gasteiger charge is 2.00. The van der Waals surface area contributed by atoms with Crippen LogP contribution in [0.25, 0.3) is 5.57 Å². The molecule has 1 aromatic carbocycles. The summed E-state index contributed by atoms with van der Waals surface area (Å²) in [5.41, 5.74) is 3.18. The van der Waals surface area contributed by atoms with Gasteiger partial charge in [-0.3, -0.25) is 4.79 Å². The largest absolute Gasteiger partial charge is 0.326 e. The Balaban J connectivity index is 2.84. The molecule has 1 N–H and O–H groups in total. The third kappa shape index (κ3) is 3.91. The first-order chi connectivity index (χ1) is 8.21. The van der Waals surface area contributed by atoms with Crippen molar-refractivity contribution in [1.29, 1.82) is 0 Å². The van der Waals surface area contributed by atoms with Crippen LogP contribution in [-0.2, 0) is 4.79 Å². The Morgan fingerprint density at radius 2 is 1.88 bits per heavy atom. The molecule has 0 aliphatic heterocycles. The van der Waals surface area contributed by atoms with E-state index in [1.165, 1.54) is 5.57 Å². The van der Waals surface area contributed by atoms with Crippen LogP contribution in [0.2, 0.25) is 0 Å². The molecule has 0 radical (unpaired) electrons. The Kier molecular flexibility index (Phi) is 5.21. The smallest absolute Gasteiger partial charge is 0.224 e. The molecule has 0 heterocycles. The van der Waals surface area contributed by atoms with Crippen LogP contribution in [0, 0.1) is 0 Å². The number of allylic oxidation sites excluding steroid dienone is 4. The van der Waals surface area contributed by atoms with E-state index in [4.69, 9.17) is 0 Å². The van der Waals surface area contributed by atoms with E-state index in [0.717, 1.165) is 11.3 Å². The highest BCUT2D eigenvalue weighted by atomic mass is 16.1. The molecule has 0 atom stereocenters. The summed E-state index contributed by atoms with van der Waals surface area (Å²) >= 11 is 0. The Morgan fingerprint density at radius 1 is 1.24 bits per heavy atom. The molecule has 0 fully saturated rings. The molecule has 0 unspecified atom stereocenters. The summed E-state index contributed by atoms with van der Waals surface area (Å²) in [6, 6.07) is 7.88. The fraction of sp³-hybridized carbons (Fsp3) is 0.267. The molecule has 2 heteroatoms. The van der Waals surface area contributed by atoms with Gasteiger partial charge < -0.3 is 5.32 Å². The van der Waals surface area contributed by atoms with E-state index in [1.807, 2.05) is 51.1 Å². The van der Waals surface area contributed by atoms with E-state index in [-0.39, 0.29) is 5.91 Å². The second-order valence-electron chi connectivity index (χ2n) is 3.72. The zero-order valence-electron chi connectivity index (χ0n) is 10.7. The van der Waals surface area contributed by atoms with Gasteiger partial charge in [0, 0.05) is 12.1 Å². The molecular weight excluding hydrogens is 210 g/mol. The van der Waals surface area contributed by atoms with Gasteiger partial charge in [-0.2, -0.15) is 0 Å². The summed E-state index contributed by atoms with van der Waals surface area (Å²) in [5.74, 6) is 0.0393. The third-order valence-corrected chi connectivity index (χ3v) is 2.48. The zero-order valence-corrected chi connectivity index (χ0v) is 10.7. The summed E-state index contributed by atoms with van der Waals surface area (Å²) in [6.07, 6.45) is 6.65. The number of nitrogens with one attached hydrogen (secondary N) is 1. The number of carbonyl (C=O) groups excluding carboxylic acids is 1. The van der Waals surface area contributed by atoms with Crippen LogP contribution in [-0.4, -0.2) is 5.91 Å². The number of carbonyl (C=O) groups is 1. The first-order valence-electron chi connectivity index (χ1n) is 5.90. The molecule has 0 saturated heterocycles. The number of rotatable bonds is 4. The van der Waals surface area contributed by atoms with Crippen molar-refractivity contribution in [3.63, 3.8) is 0 Å². The lowest BCUT2D eigenvalue weighted by Crippen LogP contribution is -2.09. The van der Waals surface area contributed by atoms with Crippen molar-refractivity contribution in [2.45, 2.75) is 27.2 Å². The first kappa shape index (κ1) is 13.2. The van der Waals surface area contributed by atoms with Crippen LogP contribution in [0.5, 0.6) is 0 Å². The lowest BCUT2D eigenvalue weighted by atomic mass is 10.0. The van der Waals surface area contributed by atoms with E-state index < -0.39 is 0 Å². The molecule has 0 bridgehead atoms. The molecule has 0 spiro atoms. The molecule has 2 nitrogen and oxygen atoms in total. The van der Waals surface area contributed by atoms with E-state index in [9.17, 15) is 4.79 Å². The van der Waals surface area contributed by atoms with Crippen LogP contribution in [0.1, 0.15) is 32.8 Å². The maximum Gasteiger partial charge on any atom is 0.224 e. The summed E-state index contributed by atoms with van der Waals surface area (Å²) in [5, 5.41) is 2.83. The predicted octanol–water partition coefficient (Wildman–Crippen LogP) is 4.01. The van der Waals surface area contributed by atoms with Crippen molar-refractivity contribution in [3.8, 4) is 0 Å². The van der Waals surface area contributed by atoms with Crippen LogP contribution in [0.15, 0.2) is 42.5 Å². The monoisotopic (exact) mass is 229 g/mol. The minimum atomic E-state index is 0.0393. The number of amides is 1. The minimum Gasteiger partial charge on any atom is -0.326 e. The van der Waals surface area contributed by atoms with Gasteiger partial charge in [0.25, 0.3) is 0 Å². The topological polar surface area (TPSA) is 29.1 Å². The van der Waals surface area contributed by atoms with E-state index in [2.05, 4.69) is 17.5 Å². The van der Waals surface area contributed by atoms with Gasteiger partial charge in [0.2, 0.25) is 5.91 Å². The van der Waals surface area contributed by atoms with Gasteiger partial charge in [0.15, 0.2) is 0 Å². The lowest BCUT2D eigenvalue weighted by Gasteiger charge is -2.06. The number of benzene rings is 1. The van der Waals surface area contributed by atoms with E-state index in [0.29, 0.717) is 6.42 Å². The molecule has 1 rings (SSSR count). The van der Waals surface area contributed by atoms with Gasteiger partial charge in [0.05, 0.1) is 0 Å². The van der Waals surface area contributed by atoms with Crippen molar-refractivity contribution < 1.29 is 4.79 Å². The average molecular weight is 229 g/mol. The van der Waals surface area contributed by atoms with Gasteiger partial charge in [0.1, 0.15) is 0 Å². The molecule has 1 aromatic rings. The SMILES string of the molecule is C/C=C\C(=C/C)c1ccc(NC(=O)CC)cc1. The van der Waals surface area contributed by atoms with Crippen molar-refractivity contribution in [2.75, 3.05) is 5.32 Å². The second-order valence-corrected chi connectivity index (χ2v) is 3.72. The molecule has 0 aromatic heterocycles. The fourth-order valence-corrected chi connectivity index (χ4v) is 1.53. The summed E-state index contributed by atoms with van der Waals surface area (Å²) < 4.78 is 0. The van der Waals surface area contributed by atoms with Crippen molar-refractivity contribution in [1.82, 2.24) is 0 Å². The van der Waals surface area contributed by atoms with Crippen LogP contribution in [0.4, 0.5) is 5.69 Å². The van der Waals surface area contributed by atoms with E-state index >= 15 is 0 Å². The molecule has 0 aliphatic carbocycles. The van der Waals surface area contributed by atoms with Crippen LogP contribution < -0.4 is 5.32 Å². The molecule has 1 amide bonds. The van der Waals surface area contributed by atoms with Crippen molar-refractivity contribution in [3.05, 3.63) is 48.1 Å². The maximum absolute atomic E-state index is 11.2. The minimum absolute atomic E-state index is 0.0393. The predicted molar refractivity (Wildman–Crippen MR) is 73.8 cm³/mol. The molecule has 90 valence electrons. The molecular formula is C15H19NO. The summed E-state index contributed by atoms with van der Waals surface area (Å²) in [7, 11) is 0.